The molecule has 2 aromatic carbocycles. The van der Waals surface area contributed by atoms with Crippen LogP contribution in [0.4, 0.5) is 5.69 Å². The van der Waals surface area contributed by atoms with Crippen LogP contribution in [0, 0.1) is 0 Å². The molecule has 124 valence electrons. The molecular weight excluding hydrogens is 318 g/mol. The average Bonchev–Trinajstić information content (AvgIpc) is 3.05. The summed E-state index contributed by atoms with van der Waals surface area (Å²) in [7, 11) is 1.61. The van der Waals surface area contributed by atoms with Crippen LogP contribution in [0.15, 0.2) is 54.7 Å². The van der Waals surface area contributed by atoms with Crippen LogP contribution in [-0.4, -0.2) is 33.0 Å². The summed E-state index contributed by atoms with van der Waals surface area (Å²) in [6.45, 7) is 0.0703. The SMILES string of the molecule is COc1ccc(NC(=O)Cn2nnc3ccccc32)c2ncccc12. The van der Waals surface area contributed by atoms with Crippen molar-refractivity contribution in [3.63, 3.8) is 0 Å². The fourth-order valence-corrected chi connectivity index (χ4v) is 2.79. The van der Waals surface area contributed by atoms with Gasteiger partial charge in [0.05, 0.1) is 23.8 Å². The van der Waals surface area contributed by atoms with Gasteiger partial charge in [-0.1, -0.05) is 17.3 Å². The predicted octanol–water partition coefficient (Wildman–Crippen LogP) is 2.63. The quantitative estimate of drug-likeness (QED) is 0.621. The van der Waals surface area contributed by atoms with E-state index in [0.29, 0.717) is 17.0 Å². The van der Waals surface area contributed by atoms with Crippen LogP contribution in [0.25, 0.3) is 21.9 Å². The zero-order chi connectivity index (χ0) is 17.2. The number of ether oxygens (including phenoxy) is 1. The van der Waals surface area contributed by atoms with Crippen LogP contribution in [0.5, 0.6) is 5.75 Å². The van der Waals surface area contributed by atoms with Gasteiger partial charge in [-0.15, -0.1) is 5.10 Å². The highest BCUT2D eigenvalue weighted by Crippen LogP contribution is 2.29. The molecule has 4 rings (SSSR count). The number of methoxy groups -OCH3 is 1. The van der Waals surface area contributed by atoms with Gasteiger partial charge in [-0.25, -0.2) is 4.68 Å². The minimum Gasteiger partial charge on any atom is -0.496 e. The Morgan fingerprint density at radius 1 is 1.16 bits per heavy atom. The second kappa shape index (κ2) is 6.20. The smallest absolute Gasteiger partial charge is 0.246 e. The summed E-state index contributed by atoms with van der Waals surface area (Å²) >= 11 is 0. The fraction of sp³-hybridized carbons (Fsp3) is 0.111. The molecule has 0 fully saturated rings. The summed E-state index contributed by atoms with van der Waals surface area (Å²) in [6.07, 6.45) is 1.68. The number of hydrogen-bond donors (Lipinski definition) is 1. The lowest BCUT2D eigenvalue weighted by molar-refractivity contribution is -0.116. The van der Waals surface area contributed by atoms with Crippen molar-refractivity contribution < 1.29 is 9.53 Å². The molecule has 0 bridgehead atoms. The molecule has 0 radical (unpaired) electrons. The van der Waals surface area contributed by atoms with E-state index in [9.17, 15) is 4.79 Å². The molecule has 4 aromatic rings. The molecule has 0 saturated heterocycles. The summed E-state index contributed by atoms with van der Waals surface area (Å²) in [5, 5.41) is 11.8. The molecule has 0 aliphatic heterocycles. The minimum absolute atomic E-state index is 0.0703. The number of fused-ring (bicyclic) bond motifs is 2. The first kappa shape index (κ1) is 15.1. The molecule has 7 nitrogen and oxygen atoms in total. The van der Waals surface area contributed by atoms with Gasteiger partial charge in [0, 0.05) is 11.6 Å². The van der Waals surface area contributed by atoms with Gasteiger partial charge in [0.25, 0.3) is 0 Å². The molecule has 2 aromatic heterocycles. The van der Waals surface area contributed by atoms with E-state index in [2.05, 4.69) is 20.6 Å². The van der Waals surface area contributed by atoms with Crippen molar-refractivity contribution in [1.29, 1.82) is 0 Å². The molecule has 0 aliphatic rings. The maximum Gasteiger partial charge on any atom is 0.246 e. The summed E-state index contributed by atoms with van der Waals surface area (Å²) in [4.78, 5) is 16.8. The highest BCUT2D eigenvalue weighted by Gasteiger charge is 2.12. The summed E-state index contributed by atoms with van der Waals surface area (Å²) in [5.41, 5.74) is 2.88. The molecule has 0 saturated carbocycles. The van der Waals surface area contributed by atoms with Crippen LogP contribution in [0.2, 0.25) is 0 Å². The number of carbonyl (C=O) groups is 1. The highest BCUT2D eigenvalue weighted by molar-refractivity contribution is 6.02. The second-order valence-corrected chi connectivity index (χ2v) is 5.50. The van der Waals surface area contributed by atoms with Gasteiger partial charge in [-0.2, -0.15) is 0 Å². The third-order valence-corrected chi connectivity index (χ3v) is 3.94. The van der Waals surface area contributed by atoms with Gasteiger partial charge < -0.3 is 10.1 Å². The first-order valence-electron chi connectivity index (χ1n) is 7.76. The molecule has 0 unspecified atom stereocenters. The molecule has 7 heteroatoms. The van der Waals surface area contributed by atoms with E-state index in [1.807, 2.05) is 42.5 Å². The number of carbonyl (C=O) groups excluding carboxylic acids is 1. The Bertz CT molecular complexity index is 1070. The fourth-order valence-electron chi connectivity index (χ4n) is 2.79. The number of amides is 1. The van der Waals surface area contributed by atoms with Gasteiger partial charge in [-0.3, -0.25) is 9.78 Å². The molecule has 0 spiro atoms. The Morgan fingerprint density at radius 2 is 2.04 bits per heavy atom. The zero-order valence-corrected chi connectivity index (χ0v) is 13.5. The normalized spacial score (nSPS) is 10.9. The summed E-state index contributed by atoms with van der Waals surface area (Å²) < 4.78 is 6.92. The van der Waals surface area contributed by atoms with Crippen LogP contribution in [0.3, 0.4) is 0 Å². The Balaban J connectivity index is 1.62. The first-order valence-corrected chi connectivity index (χ1v) is 7.76. The number of anilines is 1. The Morgan fingerprint density at radius 3 is 2.92 bits per heavy atom. The van der Waals surface area contributed by atoms with E-state index < -0.39 is 0 Å². The Hall–Kier alpha value is -3.48. The number of nitrogens with zero attached hydrogens (tertiary/aromatic N) is 4. The first-order chi connectivity index (χ1) is 12.3. The summed E-state index contributed by atoms with van der Waals surface area (Å²) in [5.74, 6) is 0.510. The van der Waals surface area contributed by atoms with Crippen molar-refractivity contribution >= 4 is 33.5 Å². The van der Waals surface area contributed by atoms with Crippen LogP contribution < -0.4 is 10.1 Å². The van der Waals surface area contributed by atoms with E-state index in [-0.39, 0.29) is 12.5 Å². The van der Waals surface area contributed by atoms with Crippen molar-refractivity contribution in [1.82, 2.24) is 20.0 Å². The van der Waals surface area contributed by atoms with E-state index >= 15 is 0 Å². The minimum atomic E-state index is -0.201. The predicted molar refractivity (Wildman–Crippen MR) is 94.5 cm³/mol. The number of aromatic nitrogens is 4. The van der Waals surface area contributed by atoms with Crippen LogP contribution >= 0.6 is 0 Å². The Kier molecular flexibility index (Phi) is 3.74. The molecular formula is C18H15N5O2. The number of nitrogens with one attached hydrogen (secondary N) is 1. The molecule has 25 heavy (non-hydrogen) atoms. The molecule has 1 amide bonds. The van der Waals surface area contributed by atoms with Gasteiger partial charge >= 0.3 is 0 Å². The van der Waals surface area contributed by atoms with Crippen LogP contribution in [-0.2, 0) is 11.3 Å². The monoisotopic (exact) mass is 333 g/mol. The Labute approximate surface area is 143 Å². The lowest BCUT2D eigenvalue weighted by Crippen LogP contribution is -2.19. The maximum absolute atomic E-state index is 12.5. The molecule has 0 atom stereocenters. The number of para-hydroxylation sites is 1. The van der Waals surface area contributed by atoms with E-state index in [4.69, 9.17) is 4.74 Å². The zero-order valence-electron chi connectivity index (χ0n) is 13.5. The van der Waals surface area contributed by atoms with E-state index in [1.165, 1.54) is 0 Å². The highest BCUT2D eigenvalue weighted by atomic mass is 16.5. The van der Waals surface area contributed by atoms with Gasteiger partial charge in [0.15, 0.2) is 0 Å². The van der Waals surface area contributed by atoms with Gasteiger partial charge in [0.2, 0.25) is 5.91 Å². The number of rotatable bonds is 4. The van der Waals surface area contributed by atoms with Gasteiger partial charge in [-0.05, 0) is 36.4 Å². The van der Waals surface area contributed by atoms with Crippen molar-refractivity contribution in [3.05, 3.63) is 54.7 Å². The van der Waals surface area contributed by atoms with Gasteiger partial charge in [0.1, 0.15) is 17.8 Å². The van der Waals surface area contributed by atoms with Crippen LogP contribution in [0.1, 0.15) is 0 Å². The molecule has 1 N–H and O–H groups in total. The van der Waals surface area contributed by atoms with E-state index in [0.717, 1.165) is 16.4 Å². The number of hydrogen-bond acceptors (Lipinski definition) is 5. The number of benzene rings is 2. The van der Waals surface area contributed by atoms with E-state index in [1.54, 1.807) is 24.1 Å². The largest absolute Gasteiger partial charge is 0.496 e. The van der Waals surface area contributed by atoms with Crippen molar-refractivity contribution in [3.8, 4) is 5.75 Å². The molecule has 0 aliphatic carbocycles. The lowest BCUT2D eigenvalue weighted by atomic mass is 10.1. The standard InChI is InChI=1S/C18H15N5O2/c1-25-16-9-8-14(18-12(16)5-4-10-19-18)20-17(24)11-23-15-7-3-2-6-13(15)21-22-23/h2-10H,11H2,1H3,(H,20,24). The maximum atomic E-state index is 12.5. The molecule has 2 heterocycles. The van der Waals surface area contributed by atoms with Crippen molar-refractivity contribution in [2.75, 3.05) is 12.4 Å². The third-order valence-electron chi connectivity index (χ3n) is 3.94. The third kappa shape index (κ3) is 2.76. The summed E-state index contributed by atoms with van der Waals surface area (Å²) in [6, 6.07) is 14.8. The lowest BCUT2D eigenvalue weighted by Gasteiger charge is -2.11. The topological polar surface area (TPSA) is 81.9 Å². The van der Waals surface area contributed by atoms with Crippen molar-refractivity contribution in [2.24, 2.45) is 0 Å². The second-order valence-electron chi connectivity index (χ2n) is 5.50. The van der Waals surface area contributed by atoms with Crippen molar-refractivity contribution in [2.45, 2.75) is 6.54 Å². The average molecular weight is 333 g/mol. The number of pyridine rings is 1.